The normalized spacial score (nSPS) is 15.2. The van der Waals surface area contributed by atoms with E-state index in [4.69, 9.17) is 0 Å². The number of carbonyl (C=O) groups is 4. The molecule has 0 saturated carbocycles. The summed E-state index contributed by atoms with van der Waals surface area (Å²) in [4.78, 5) is 54.8. The standard InChI is InChI=1S/C42H78O9/c1-4-7-10-13-16-19-22-25-28-31-35(44)39(48)41(50,37(46)32-29-26-23-20-17-14-11-8-5-2)42(51,40(49)36(45)34-43)38(47)33-30-27-24-21-18-15-12-9-6-3/h36,40,43,45,49-51H,4-34H2,1-3H3/t36-,40-,41-,42+/m1/s1. The molecule has 0 bridgehead atoms. The lowest BCUT2D eigenvalue weighted by atomic mass is 9.66. The van der Waals surface area contributed by atoms with Gasteiger partial charge >= 0.3 is 0 Å². The molecular formula is C42H78O9. The number of aliphatic hydroxyl groups excluding tert-OH is 3. The first kappa shape index (κ1) is 49.5. The van der Waals surface area contributed by atoms with E-state index >= 15 is 0 Å². The van der Waals surface area contributed by atoms with Crippen LogP contribution in [0.4, 0.5) is 0 Å². The Morgan fingerprint density at radius 3 is 1.08 bits per heavy atom. The summed E-state index contributed by atoms with van der Waals surface area (Å²) >= 11 is 0. The quantitative estimate of drug-likeness (QED) is 0.0239. The van der Waals surface area contributed by atoms with Crippen molar-refractivity contribution in [3.8, 4) is 0 Å². The van der Waals surface area contributed by atoms with Crippen LogP contribution in [0.2, 0.25) is 0 Å². The maximum atomic E-state index is 13.8. The Bertz CT molecular complexity index is 922. The van der Waals surface area contributed by atoms with E-state index in [0.29, 0.717) is 25.7 Å². The highest BCUT2D eigenvalue weighted by molar-refractivity contribution is 6.46. The molecule has 0 fully saturated rings. The molecule has 0 rings (SSSR count). The van der Waals surface area contributed by atoms with Crippen molar-refractivity contribution in [1.29, 1.82) is 0 Å². The fraction of sp³-hybridized carbons (Fsp3) is 0.905. The van der Waals surface area contributed by atoms with Crippen molar-refractivity contribution < 1.29 is 44.7 Å². The Morgan fingerprint density at radius 1 is 0.451 bits per heavy atom. The van der Waals surface area contributed by atoms with E-state index in [2.05, 4.69) is 20.8 Å². The third-order valence-electron chi connectivity index (χ3n) is 10.5. The number of unbranched alkanes of at least 4 members (excludes halogenated alkanes) is 24. The van der Waals surface area contributed by atoms with Crippen LogP contribution in [0.5, 0.6) is 0 Å². The Hall–Kier alpha value is -1.52. The number of hydrogen-bond acceptors (Lipinski definition) is 9. The molecule has 0 radical (unpaired) electrons. The van der Waals surface area contributed by atoms with Crippen molar-refractivity contribution in [2.24, 2.45) is 0 Å². The zero-order valence-electron chi connectivity index (χ0n) is 32.9. The smallest absolute Gasteiger partial charge is 0.241 e. The van der Waals surface area contributed by atoms with Gasteiger partial charge < -0.3 is 25.5 Å². The van der Waals surface area contributed by atoms with E-state index < -0.39 is 66.0 Å². The van der Waals surface area contributed by atoms with E-state index in [1.165, 1.54) is 44.9 Å². The molecule has 0 aliphatic carbocycles. The zero-order chi connectivity index (χ0) is 38.4. The molecule has 0 amide bonds. The van der Waals surface area contributed by atoms with Gasteiger partial charge in [0.05, 0.1) is 6.61 Å². The summed E-state index contributed by atoms with van der Waals surface area (Å²) in [5.74, 6) is -5.20. The van der Waals surface area contributed by atoms with Crippen LogP contribution in [-0.2, 0) is 19.2 Å². The molecule has 0 spiro atoms. The highest BCUT2D eigenvalue weighted by atomic mass is 16.4. The molecule has 9 nitrogen and oxygen atoms in total. The Balaban J connectivity index is 5.87. The number of ketones is 4. The zero-order valence-corrected chi connectivity index (χ0v) is 32.9. The first-order chi connectivity index (χ1) is 24.5. The molecular weight excluding hydrogens is 648 g/mol. The molecule has 0 aromatic rings. The van der Waals surface area contributed by atoms with Crippen molar-refractivity contribution in [2.75, 3.05) is 6.61 Å². The van der Waals surface area contributed by atoms with Gasteiger partial charge in [0.25, 0.3) is 0 Å². The molecule has 0 saturated heterocycles. The number of Topliss-reactive ketones (excluding diaryl/α,β-unsaturated/α-hetero) is 4. The van der Waals surface area contributed by atoms with Crippen molar-refractivity contribution in [3.05, 3.63) is 0 Å². The fourth-order valence-electron chi connectivity index (χ4n) is 6.95. The molecule has 9 heteroatoms. The monoisotopic (exact) mass is 727 g/mol. The van der Waals surface area contributed by atoms with E-state index in [-0.39, 0.29) is 19.3 Å². The Morgan fingerprint density at radius 2 is 0.745 bits per heavy atom. The van der Waals surface area contributed by atoms with Gasteiger partial charge in [0, 0.05) is 19.3 Å². The minimum Gasteiger partial charge on any atom is -0.394 e. The van der Waals surface area contributed by atoms with Crippen LogP contribution >= 0.6 is 0 Å². The van der Waals surface area contributed by atoms with Gasteiger partial charge in [0.1, 0.15) is 12.2 Å². The highest BCUT2D eigenvalue weighted by Gasteiger charge is 2.68. The third kappa shape index (κ3) is 18.9. The molecule has 5 N–H and O–H groups in total. The molecule has 300 valence electrons. The topological polar surface area (TPSA) is 169 Å². The maximum Gasteiger partial charge on any atom is 0.241 e. The number of carbonyl (C=O) groups excluding carboxylic acids is 4. The first-order valence-electron chi connectivity index (χ1n) is 21.1. The summed E-state index contributed by atoms with van der Waals surface area (Å²) in [6.07, 6.45) is 19.4. The van der Waals surface area contributed by atoms with E-state index in [9.17, 15) is 44.7 Å². The van der Waals surface area contributed by atoms with Gasteiger partial charge in [-0.1, -0.05) is 175 Å². The van der Waals surface area contributed by atoms with Gasteiger partial charge in [-0.25, -0.2) is 0 Å². The van der Waals surface area contributed by atoms with Crippen LogP contribution in [0.25, 0.3) is 0 Å². The van der Waals surface area contributed by atoms with Crippen molar-refractivity contribution in [3.63, 3.8) is 0 Å². The van der Waals surface area contributed by atoms with Gasteiger partial charge in [-0.15, -0.1) is 0 Å². The Kier molecular flexibility index (Phi) is 30.0. The van der Waals surface area contributed by atoms with Crippen LogP contribution in [0.1, 0.15) is 213 Å². The average molecular weight is 727 g/mol. The summed E-state index contributed by atoms with van der Waals surface area (Å²) in [5, 5.41) is 55.1. The van der Waals surface area contributed by atoms with E-state index in [0.717, 1.165) is 89.9 Å². The van der Waals surface area contributed by atoms with Gasteiger partial charge in [-0.05, 0) is 19.3 Å². The van der Waals surface area contributed by atoms with Gasteiger partial charge in [-0.2, -0.15) is 0 Å². The number of aliphatic hydroxyl groups is 5. The summed E-state index contributed by atoms with van der Waals surface area (Å²) in [6, 6.07) is 0. The lowest BCUT2D eigenvalue weighted by Crippen LogP contribution is -2.75. The molecule has 0 aliphatic heterocycles. The second kappa shape index (κ2) is 30.9. The molecule has 0 unspecified atom stereocenters. The van der Waals surface area contributed by atoms with Crippen LogP contribution in [0, 0.1) is 0 Å². The lowest BCUT2D eigenvalue weighted by molar-refractivity contribution is -0.218. The van der Waals surface area contributed by atoms with Crippen LogP contribution in [0.3, 0.4) is 0 Å². The fourth-order valence-corrected chi connectivity index (χ4v) is 6.95. The molecule has 0 aliphatic rings. The summed E-state index contributed by atoms with van der Waals surface area (Å²) in [5.41, 5.74) is -7.12. The van der Waals surface area contributed by atoms with Crippen LogP contribution in [-0.4, -0.2) is 78.7 Å². The van der Waals surface area contributed by atoms with Gasteiger partial charge in [0.2, 0.25) is 17.2 Å². The molecule has 0 aromatic heterocycles. The second-order valence-corrected chi connectivity index (χ2v) is 15.0. The predicted molar refractivity (Wildman–Crippen MR) is 205 cm³/mol. The second-order valence-electron chi connectivity index (χ2n) is 15.0. The summed E-state index contributed by atoms with van der Waals surface area (Å²) in [6.45, 7) is 5.36. The van der Waals surface area contributed by atoms with Crippen molar-refractivity contribution >= 4 is 23.1 Å². The van der Waals surface area contributed by atoms with Gasteiger partial charge in [0.15, 0.2) is 17.2 Å². The SMILES string of the molecule is CCCCCCCCCCCC(=O)C(=O)[C@](O)(C(=O)CCCCCCCCCCC)[C@](O)(C(=O)CCCCCCCCCCC)[C@H](O)[C@H](O)CO. The van der Waals surface area contributed by atoms with Gasteiger partial charge in [-0.3, -0.25) is 19.2 Å². The van der Waals surface area contributed by atoms with Crippen molar-refractivity contribution in [1.82, 2.24) is 0 Å². The molecule has 4 atom stereocenters. The van der Waals surface area contributed by atoms with Crippen LogP contribution in [0.15, 0.2) is 0 Å². The van der Waals surface area contributed by atoms with E-state index in [1.807, 2.05) is 0 Å². The number of rotatable bonds is 38. The summed E-state index contributed by atoms with van der Waals surface area (Å²) in [7, 11) is 0. The minimum atomic E-state index is -3.60. The average Bonchev–Trinajstić information content (AvgIpc) is 3.13. The number of hydrogen-bond donors (Lipinski definition) is 5. The third-order valence-corrected chi connectivity index (χ3v) is 10.5. The summed E-state index contributed by atoms with van der Waals surface area (Å²) < 4.78 is 0. The predicted octanol–water partition coefficient (Wildman–Crippen LogP) is 8.20. The first-order valence-corrected chi connectivity index (χ1v) is 21.1. The minimum absolute atomic E-state index is 0.247. The lowest BCUT2D eigenvalue weighted by Gasteiger charge is -2.43. The maximum absolute atomic E-state index is 13.8. The largest absolute Gasteiger partial charge is 0.394 e. The molecule has 0 aromatic carbocycles. The van der Waals surface area contributed by atoms with Crippen LogP contribution < -0.4 is 0 Å². The van der Waals surface area contributed by atoms with E-state index in [1.54, 1.807) is 0 Å². The highest BCUT2D eigenvalue weighted by Crippen LogP contribution is 2.35. The Labute approximate surface area is 310 Å². The van der Waals surface area contributed by atoms with Crippen molar-refractivity contribution in [2.45, 2.75) is 237 Å². The molecule has 51 heavy (non-hydrogen) atoms. The molecule has 0 heterocycles.